The van der Waals surface area contributed by atoms with E-state index in [-0.39, 0.29) is 5.91 Å². The minimum Gasteiger partial charge on any atom is -0.496 e. The highest BCUT2D eigenvalue weighted by molar-refractivity contribution is 5.96. The Balaban J connectivity index is 1.99. The van der Waals surface area contributed by atoms with Gasteiger partial charge in [-0.2, -0.15) is 0 Å². The number of aryl methyl sites for hydroxylation is 1. The molecule has 1 amide bonds. The van der Waals surface area contributed by atoms with Crippen LogP contribution in [0.3, 0.4) is 0 Å². The summed E-state index contributed by atoms with van der Waals surface area (Å²) in [4.78, 5) is 16.2. The number of hydrogen-bond acceptors (Lipinski definition) is 4. The van der Waals surface area contributed by atoms with Crippen LogP contribution < -0.4 is 14.8 Å². The highest BCUT2D eigenvalue weighted by Gasteiger charge is 2.12. The van der Waals surface area contributed by atoms with Crippen LogP contribution in [-0.4, -0.2) is 31.7 Å². The number of amides is 1. The van der Waals surface area contributed by atoms with Crippen LogP contribution in [-0.2, 0) is 6.42 Å². The Morgan fingerprint density at radius 3 is 2.77 bits per heavy atom. The number of benzene rings is 1. The fourth-order valence-corrected chi connectivity index (χ4v) is 2.23. The molecule has 1 aromatic carbocycles. The van der Waals surface area contributed by atoms with Crippen molar-refractivity contribution in [3.05, 3.63) is 53.2 Å². The molecule has 0 aliphatic rings. The van der Waals surface area contributed by atoms with E-state index in [1.165, 1.54) is 7.11 Å². The summed E-state index contributed by atoms with van der Waals surface area (Å²) in [6, 6.07) is 9.41. The van der Waals surface area contributed by atoms with Gasteiger partial charge in [0.15, 0.2) is 0 Å². The third-order valence-electron chi connectivity index (χ3n) is 3.32. The Morgan fingerprint density at radius 2 is 2.05 bits per heavy atom. The number of nitrogens with zero attached hydrogens (tertiary/aromatic N) is 1. The molecular formula is C17H20N2O3. The number of nitrogens with one attached hydrogen (secondary N) is 1. The first-order valence-electron chi connectivity index (χ1n) is 7.06. The lowest BCUT2D eigenvalue weighted by molar-refractivity contribution is 0.0950. The van der Waals surface area contributed by atoms with Gasteiger partial charge in [0.25, 0.3) is 5.91 Å². The van der Waals surface area contributed by atoms with Crippen LogP contribution in [0, 0.1) is 6.92 Å². The predicted molar refractivity (Wildman–Crippen MR) is 84.6 cm³/mol. The zero-order valence-electron chi connectivity index (χ0n) is 13.1. The van der Waals surface area contributed by atoms with E-state index in [9.17, 15) is 4.79 Å². The molecule has 0 saturated carbocycles. The van der Waals surface area contributed by atoms with E-state index in [2.05, 4.69) is 16.4 Å². The second-order valence-corrected chi connectivity index (χ2v) is 4.88. The average Bonchev–Trinajstić information content (AvgIpc) is 2.55. The van der Waals surface area contributed by atoms with E-state index in [1.807, 2.05) is 19.1 Å². The van der Waals surface area contributed by atoms with Crippen LogP contribution in [0.1, 0.15) is 21.5 Å². The summed E-state index contributed by atoms with van der Waals surface area (Å²) < 4.78 is 10.4. The van der Waals surface area contributed by atoms with Crippen LogP contribution in [0.15, 0.2) is 36.5 Å². The van der Waals surface area contributed by atoms with Gasteiger partial charge in [0, 0.05) is 12.7 Å². The van der Waals surface area contributed by atoms with E-state index >= 15 is 0 Å². The first-order chi connectivity index (χ1) is 10.7. The smallest absolute Gasteiger partial charge is 0.256 e. The summed E-state index contributed by atoms with van der Waals surface area (Å²) >= 11 is 0. The van der Waals surface area contributed by atoms with E-state index in [0.717, 1.165) is 16.9 Å². The molecule has 5 nitrogen and oxygen atoms in total. The quantitative estimate of drug-likeness (QED) is 0.890. The maximum Gasteiger partial charge on any atom is 0.256 e. The van der Waals surface area contributed by atoms with Gasteiger partial charge < -0.3 is 14.8 Å². The first-order valence-corrected chi connectivity index (χ1v) is 7.06. The zero-order chi connectivity index (χ0) is 15.9. The molecule has 2 rings (SSSR count). The summed E-state index contributed by atoms with van der Waals surface area (Å²) in [5.41, 5.74) is 2.67. The standard InChI is InChI=1S/C17H20N2O3/c1-12-6-7-15(21-2)13(11-12)8-10-18-16(20)14-5-4-9-19-17(14)22-3/h4-7,9,11H,8,10H2,1-3H3,(H,18,20). The van der Waals surface area contributed by atoms with Crippen molar-refractivity contribution in [1.82, 2.24) is 10.3 Å². The third kappa shape index (κ3) is 3.75. The molecule has 1 N–H and O–H groups in total. The molecule has 0 unspecified atom stereocenters. The highest BCUT2D eigenvalue weighted by atomic mass is 16.5. The minimum atomic E-state index is -0.198. The maximum absolute atomic E-state index is 12.2. The van der Waals surface area contributed by atoms with Gasteiger partial charge in [-0.05, 0) is 37.1 Å². The summed E-state index contributed by atoms with van der Waals surface area (Å²) in [6.07, 6.45) is 2.28. The molecule has 0 aliphatic carbocycles. The number of ether oxygens (including phenoxy) is 2. The topological polar surface area (TPSA) is 60.5 Å². The molecular weight excluding hydrogens is 280 g/mol. The molecule has 116 valence electrons. The average molecular weight is 300 g/mol. The van der Waals surface area contributed by atoms with Gasteiger partial charge >= 0.3 is 0 Å². The van der Waals surface area contributed by atoms with Gasteiger partial charge in [0.1, 0.15) is 11.3 Å². The van der Waals surface area contributed by atoms with Crippen LogP contribution >= 0.6 is 0 Å². The number of carbonyl (C=O) groups is 1. The molecule has 22 heavy (non-hydrogen) atoms. The molecule has 0 atom stereocenters. The lowest BCUT2D eigenvalue weighted by Crippen LogP contribution is -2.26. The van der Waals surface area contributed by atoms with Crippen molar-refractivity contribution in [1.29, 1.82) is 0 Å². The van der Waals surface area contributed by atoms with Crippen molar-refractivity contribution >= 4 is 5.91 Å². The monoisotopic (exact) mass is 300 g/mol. The highest BCUT2D eigenvalue weighted by Crippen LogP contribution is 2.20. The molecule has 0 spiro atoms. The third-order valence-corrected chi connectivity index (χ3v) is 3.32. The molecule has 0 fully saturated rings. The number of methoxy groups -OCH3 is 2. The molecule has 0 saturated heterocycles. The summed E-state index contributed by atoms with van der Waals surface area (Å²) in [7, 11) is 3.14. The molecule has 0 radical (unpaired) electrons. The van der Waals surface area contributed by atoms with E-state index in [1.54, 1.807) is 25.4 Å². The molecule has 2 aromatic rings. The van der Waals surface area contributed by atoms with Crippen molar-refractivity contribution in [2.24, 2.45) is 0 Å². The van der Waals surface area contributed by atoms with Gasteiger partial charge in [0.2, 0.25) is 5.88 Å². The normalized spacial score (nSPS) is 10.1. The molecule has 1 aromatic heterocycles. The number of carbonyl (C=O) groups excluding carboxylic acids is 1. The SMILES string of the molecule is COc1ccc(C)cc1CCNC(=O)c1cccnc1OC. The van der Waals surface area contributed by atoms with Gasteiger partial charge in [-0.25, -0.2) is 4.98 Å². The zero-order valence-corrected chi connectivity index (χ0v) is 13.1. The molecule has 0 bridgehead atoms. The van der Waals surface area contributed by atoms with Crippen molar-refractivity contribution in [3.8, 4) is 11.6 Å². The fourth-order valence-electron chi connectivity index (χ4n) is 2.23. The Labute approximate surface area is 130 Å². The Morgan fingerprint density at radius 1 is 1.23 bits per heavy atom. The van der Waals surface area contributed by atoms with Crippen LogP contribution in [0.4, 0.5) is 0 Å². The second-order valence-electron chi connectivity index (χ2n) is 4.88. The van der Waals surface area contributed by atoms with Crippen molar-refractivity contribution < 1.29 is 14.3 Å². The van der Waals surface area contributed by atoms with Crippen LogP contribution in [0.2, 0.25) is 0 Å². The van der Waals surface area contributed by atoms with Crippen molar-refractivity contribution in [3.63, 3.8) is 0 Å². The first kappa shape index (κ1) is 15.8. The largest absolute Gasteiger partial charge is 0.496 e. The maximum atomic E-state index is 12.2. The Bertz CT molecular complexity index is 656. The van der Waals surface area contributed by atoms with Gasteiger partial charge in [-0.1, -0.05) is 17.7 Å². The van der Waals surface area contributed by atoms with Crippen LogP contribution in [0.5, 0.6) is 11.6 Å². The van der Waals surface area contributed by atoms with Crippen molar-refractivity contribution in [2.75, 3.05) is 20.8 Å². The lowest BCUT2D eigenvalue weighted by Gasteiger charge is -2.11. The molecule has 1 heterocycles. The summed E-state index contributed by atoms with van der Waals surface area (Å²) in [5.74, 6) is 0.962. The summed E-state index contributed by atoms with van der Waals surface area (Å²) in [5, 5.41) is 2.88. The number of pyridine rings is 1. The molecule has 5 heteroatoms. The van der Waals surface area contributed by atoms with Gasteiger partial charge in [0.05, 0.1) is 14.2 Å². The Kier molecular flexibility index (Phi) is 5.36. The van der Waals surface area contributed by atoms with Crippen molar-refractivity contribution in [2.45, 2.75) is 13.3 Å². The Hall–Kier alpha value is -2.56. The van der Waals surface area contributed by atoms with E-state index in [0.29, 0.717) is 24.4 Å². The van der Waals surface area contributed by atoms with E-state index < -0.39 is 0 Å². The lowest BCUT2D eigenvalue weighted by atomic mass is 10.1. The second kappa shape index (κ2) is 7.45. The number of rotatable bonds is 6. The van der Waals surface area contributed by atoms with Gasteiger partial charge in [-0.3, -0.25) is 4.79 Å². The van der Waals surface area contributed by atoms with Crippen LogP contribution in [0.25, 0.3) is 0 Å². The minimum absolute atomic E-state index is 0.198. The fraction of sp³-hybridized carbons (Fsp3) is 0.294. The number of aromatic nitrogens is 1. The number of hydrogen-bond donors (Lipinski definition) is 1. The molecule has 0 aliphatic heterocycles. The van der Waals surface area contributed by atoms with Gasteiger partial charge in [-0.15, -0.1) is 0 Å². The van der Waals surface area contributed by atoms with E-state index in [4.69, 9.17) is 9.47 Å². The summed E-state index contributed by atoms with van der Waals surface area (Å²) in [6.45, 7) is 2.54. The predicted octanol–water partition coefficient (Wildman–Crippen LogP) is 2.38.